The summed E-state index contributed by atoms with van der Waals surface area (Å²) in [6, 6.07) is 4.31. The van der Waals surface area contributed by atoms with Crippen LogP contribution in [0.3, 0.4) is 0 Å². The van der Waals surface area contributed by atoms with Crippen molar-refractivity contribution in [2.24, 2.45) is 0 Å². The van der Waals surface area contributed by atoms with Gasteiger partial charge in [-0.15, -0.1) is 0 Å². The third-order valence-corrected chi connectivity index (χ3v) is 3.52. The van der Waals surface area contributed by atoms with Crippen LogP contribution in [-0.4, -0.2) is 28.9 Å². The number of carbonyl (C=O) groups is 1. The summed E-state index contributed by atoms with van der Waals surface area (Å²) in [6.07, 6.45) is 3.94. The summed E-state index contributed by atoms with van der Waals surface area (Å²) in [5, 5.41) is 13.7. The fourth-order valence-electron chi connectivity index (χ4n) is 2.07. The number of nitrogens with one attached hydrogen (secondary N) is 1. The fraction of sp³-hybridized carbons (Fsp3) is 0.562. The molecule has 0 fully saturated rings. The van der Waals surface area contributed by atoms with E-state index in [1.807, 2.05) is 6.92 Å². The van der Waals surface area contributed by atoms with Gasteiger partial charge in [-0.05, 0) is 25.3 Å². The van der Waals surface area contributed by atoms with Crippen LogP contribution in [-0.2, 0) is 0 Å². The Balaban J connectivity index is 2.83. The molecule has 0 radical (unpaired) electrons. The van der Waals surface area contributed by atoms with Crippen LogP contribution in [0.4, 0.5) is 16.2 Å². The Hall–Kier alpha value is -2.11. The number of nitro groups is 1. The Kier molecular flexibility index (Phi) is 7.36. The van der Waals surface area contributed by atoms with E-state index in [0.29, 0.717) is 18.8 Å². The molecule has 6 nitrogen and oxygen atoms in total. The average Bonchev–Trinajstić information content (AvgIpc) is 2.49. The van der Waals surface area contributed by atoms with Crippen LogP contribution in [0.1, 0.15) is 45.1 Å². The van der Waals surface area contributed by atoms with Crippen LogP contribution < -0.4 is 5.32 Å². The van der Waals surface area contributed by atoms with E-state index in [2.05, 4.69) is 19.2 Å². The quantitative estimate of drug-likeness (QED) is 0.573. The van der Waals surface area contributed by atoms with Gasteiger partial charge < -0.3 is 10.2 Å². The Morgan fingerprint density at radius 1 is 1.23 bits per heavy atom. The van der Waals surface area contributed by atoms with Crippen molar-refractivity contribution in [2.45, 2.75) is 46.5 Å². The van der Waals surface area contributed by atoms with Crippen LogP contribution in [0, 0.1) is 17.0 Å². The number of carbonyl (C=O) groups excluding carboxylic acids is 1. The lowest BCUT2D eigenvalue weighted by Crippen LogP contribution is -2.36. The number of unbranched alkanes of at least 4 members (excludes halogenated alkanes) is 2. The van der Waals surface area contributed by atoms with Gasteiger partial charge >= 0.3 is 6.03 Å². The zero-order chi connectivity index (χ0) is 16.5. The standard InChI is InChI=1S/C16H25N3O3/c1-4-6-10-18(11-7-5-2)16(20)17-15-12-14(19(21)22)9-8-13(15)3/h8-9,12H,4-7,10-11H2,1-3H3,(H,17,20). The van der Waals surface area contributed by atoms with E-state index in [1.165, 1.54) is 12.1 Å². The molecule has 0 aliphatic rings. The molecule has 0 saturated heterocycles. The maximum absolute atomic E-state index is 12.4. The molecule has 0 saturated carbocycles. The van der Waals surface area contributed by atoms with Crippen LogP contribution in [0.25, 0.3) is 0 Å². The van der Waals surface area contributed by atoms with Gasteiger partial charge in [0, 0.05) is 25.2 Å². The van der Waals surface area contributed by atoms with E-state index in [4.69, 9.17) is 0 Å². The Bertz CT molecular complexity index is 509. The zero-order valence-corrected chi connectivity index (χ0v) is 13.6. The monoisotopic (exact) mass is 307 g/mol. The number of non-ortho nitro benzene ring substituents is 1. The van der Waals surface area contributed by atoms with Gasteiger partial charge in [0.2, 0.25) is 0 Å². The summed E-state index contributed by atoms with van der Waals surface area (Å²) in [4.78, 5) is 24.6. The SMILES string of the molecule is CCCCN(CCCC)C(=O)Nc1cc([N+](=O)[O-])ccc1C. The Morgan fingerprint density at radius 2 is 1.82 bits per heavy atom. The molecule has 1 N–H and O–H groups in total. The van der Waals surface area contributed by atoms with Gasteiger partial charge in [0.05, 0.1) is 10.6 Å². The summed E-state index contributed by atoms with van der Waals surface area (Å²) in [5.41, 5.74) is 1.29. The van der Waals surface area contributed by atoms with E-state index in [-0.39, 0.29) is 11.7 Å². The first kappa shape index (κ1) is 17.9. The van der Waals surface area contributed by atoms with Gasteiger partial charge in [-0.2, -0.15) is 0 Å². The molecule has 0 aromatic heterocycles. The van der Waals surface area contributed by atoms with Crippen molar-refractivity contribution in [1.29, 1.82) is 0 Å². The largest absolute Gasteiger partial charge is 0.325 e. The van der Waals surface area contributed by atoms with Gasteiger partial charge in [-0.3, -0.25) is 10.1 Å². The number of aryl methyl sites for hydroxylation is 1. The molecule has 6 heteroatoms. The minimum atomic E-state index is -0.457. The molecular weight excluding hydrogens is 282 g/mol. The van der Waals surface area contributed by atoms with Crippen molar-refractivity contribution >= 4 is 17.4 Å². The van der Waals surface area contributed by atoms with Crippen LogP contribution in [0.15, 0.2) is 18.2 Å². The third kappa shape index (κ3) is 5.35. The highest BCUT2D eigenvalue weighted by molar-refractivity contribution is 5.90. The number of rotatable bonds is 8. The molecule has 122 valence electrons. The number of anilines is 1. The first-order valence-corrected chi connectivity index (χ1v) is 7.80. The molecule has 1 aromatic rings. The van der Waals surface area contributed by atoms with E-state index in [0.717, 1.165) is 31.2 Å². The molecule has 0 heterocycles. The van der Waals surface area contributed by atoms with Crippen LogP contribution >= 0.6 is 0 Å². The lowest BCUT2D eigenvalue weighted by Gasteiger charge is -2.23. The first-order chi connectivity index (χ1) is 10.5. The minimum Gasteiger partial charge on any atom is -0.325 e. The predicted molar refractivity (Wildman–Crippen MR) is 88.2 cm³/mol. The average molecular weight is 307 g/mol. The second kappa shape index (κ2) is 9.02. The molecular formula is C16H25N3O3. The number of benzene rings is 1. The highest BCUT2D eigenvalue weighted by Crippen LogP contribution is 2.22. The molecule has 1 rings (SSSR count). The molecule has 0 unspecified atom stereocenters. The fourth-order valence-corrected chi connectivity index (χ4v) is 2.07. The summed E-state index contributed by atoms with van der Waals surface area (Å²) in [6.45, 7) is 7.40. The number of amides is 2. The Morgan fingerprint density at radius 3 is 2.32 bits per heavy atom. The van der Waals surface area contributed by atoms with Crippen molar-refractivity contribution < 1.29 is 9.72 Å². The van der Waals surface area contributed by atoms with Crippen LogP contribution in [0.2, 0.25) is 0 Å². The number of hydrogen-bond acceptors (Lipinski definition) is 3. The van der Waals surface area contributed by atoms with Gasteiger partial charge in [-0.25, -0.2) is 4.79 Å². The number of hydrogen-bond donors (Lipinski definition) is 1. The molecule has 0 aliphatic heterocycles. The zero-order valence-electron chi connectivity index (χ0n) is 13.6. The normalized spacial score (nSPS) is 10.3. The van der Waals surface area contributed by atoms with Gasteiger partial charge in [0.25, 0.3) is 5.69 Å². The molecule has 0 aliphatic carbocycles. The number of nitro benzene ring substituents is 1. The van der Waals surface area contributed by atoms with E-state index >= 15 is 0 Å². The molecule has 2 amide bonds. The summed E-state index contributed by atoms with van der Waals surface area (Å²) < 4.78 is 0. The number of nitrogens with zero attached hydrogens (tertiary/aromatic N) is 2. The van der Waals surface area contributed by atoms with Gasteiger partial charge in [0.1, 0.15) is 0 Å². The number of urea groups is 1. The van der Waals surface area contributed by atoms with E-state index in [9.17, 15) is 14.9 Å². The van der Waals surface area contributed by atoms with Gasteiger partial charge in [0.15, 0.2) is 0 Å². The topological polar surface area (TPSA) is 75.5 Å². The summed E-state index contributed by atoms with van der Waals surface area (Å²) >= 11 is 0. The lowest BCUT2D eigenvalue weighted by molar-refractivity contribution is -0.384. The van der Waals surface area contributed by atoms with Crippen molar-refractivity contribution in [3.8, 4) is 0 Å². The highest BCUT2D eigenvalue weighted by Gasteiger charge is 2.15. The summed E-state index contributed by atoms with van der Waals surface area (Å²) in [5.74, 6) is 0. The smallest absolute Gasteiger partial charge is 0.321 e. The lowest BCUT2D eigenvalue weighted by atomic mass is 10.2. The second-order valence-electron chi connectivity index (χ2n) is 5.38. The van der Waals surface area contributed by atoms with Crippen molar-refractivity contribution in [3.05, 3.63) is 33.9 Å². The minimum absolute atomic E-state index is 0.0189. The van der Waals surface area contributed by atoms with E-state index < -0.39 is 4.92 Å². The first-order valence-electron chi connectivity index (χ1n) is 7.80. The molecule has 22 heavy (non-hydrogen) atoms. The second-order valence-corrected chi connectivity index (χ2v) is 5.38. The highest BCUT2D eigenvalue weighted by atomic mass is 16.6. The van der Waals surface area contributed by atoms with Crippen molar-refractivity contribution in [3.63, 3.8) is 0 Å². The predicted octanol–water partition coefficient (Wildman–Crippen LogP) is 4.34. The third-order valence-electron chi connectivity index (χ3n) is 3.52. The molecule has 0 bridgehead atoms. The molecule has 0 atom stereocenters. The molecule has 0 spiro atoms. The molecule has 1 aromatic carbocycles. The van der Waals surface area contributed by atoms with Crippen LogP contribution in [0.5, 0.6) is 0 Å². The van der Waals surface area contributed by atoms with Gasteiger partial charge in [-0.1, -0.05) is 32.8 Å². The maximum Gasteiger partial charge on any atom is 0.321 e. The van der Waals surface area contributed by atoms with E-state index in [1.54, 1.807) is 11.0 Å². The maximum atomic E-state index is 12.4. The van der Waals surface area contributed by atoms with Crippen molar-refractivity contribution in [2.75, 3.05) is 18.4 Å². The van der Waals surface area contributed by atoms with Crippen molar-refractivity contribution in [1.82, 2.24) is 4.90 Å². The summed E-state index contributed by atoms with van der Waals surface area (Å²) in [7, 11) is 0. The Labute approximate surface area is 131 Å².